The normalized spacial score (nSPS) is 22.7. The number of hydrogen-bond acceptors (Lipinski definition) is 5. The van der Waals surface area contributed by atoms with Gasteiger partial charge in [0.15, 0.2) is 0 Å². The first kappa shape index (κ1) is 16.5. The maximum Gasteiger partial charge on any atom is 0.122 e. The van der Waals surface area contributed by atoms with Crippen molar-refractivity contribution in [3.05, 3.63) is 23.7 Å². The summed E-state index contributed by atoms with van der Waals surface area (Å²) < 4.78 is 16.5. The first-order chi connectivity index (χ1) is 10.2. The molecule has 0 radical (unpaired) electrons. The standard InChI is InChI=1S/C16H28N2O3/c1-12-10-13(12)15-4-5-16(21-15)14(11-17)18(6-8-19-2)7-9-20-3/h4-5,12-14H,6-11,17H2,1-3H3. The molecule has 120 valence electrons. The van der Waals surface area contributed by atoms with Crippen molar-refractivity contribution < 1.29 is 13.9 Å². The van der Waals surface area contributed by atoms with Crippen molar-refractivity contribution in [1.29, 1.82) is 0 Å². The Bertz CT molecular complexity index is 413. The molecule has 1 aromatic rings. The molecule has 5 nitrogen and oxygen atoms in total. The minimum absolute atomic E-state index is 0.0816. The Morgan fingerprint density at radius 2 is 1.90 bits per heavy atom. The lowest BCUT2D eigenvalue weighted by Crippen LogP contribution is -2.38. The zero-order chi connectivity index (χ0) is 15.2. The largest absolute Gasteiger partial charge is 0.464 e. The van der Waals surface area contributed by atoms with Crippen LogP contribution in [0, 0.1) is 5.92 Å². The molecule has 0 spiro atoms. The molecular formula is C16H28N2O3. The number of furan rings is 1. The van der Waals surface area contributed by atoms with Crippen LogP contribution in [-0.2, 0) is 9.47 Å². The number of methoxy groups -OCH3 is 2. The molecule has 1 aliphatic rings. The van der Waals surface area contributed by atoms with Gasteiger partial charge in [0.2, 0.25) is 0 Å². The van der Waals surface area contributed by atoms with E-state index in [4.69, 9.17) is 19.6 Å². The second-order valence-electron chi connectivity index (χ2n) is 5.83. The highest BCUT2D eigenvalue weighted by atomic mass is 16.5. The molecule has 3 unspecified atom stereocenters. The van der Waals surface area contributed by atoms with E-state index in [-0.39, 0.29) is 6.04 Å². The molecule has 3 atom stereocenters. The maximum absolute atomic E-state index is 6.07. The van der Waals surface area contributed by atoms with Crippen LogP contribution in [0.15, 0.2) is 16.5 Å². The average Bonchev–Trinajstić information content (AvgIpc) is 3.02. The lowest BCUT2D eigenvalue weighted by atomic mass is 10.2. The number of nitrogens with two attached hydrogens (primary N) is 1. The average molecular weight is 296 g/mol. The summed E-state index contributed by atoms with van der Waals surface area (Å²) in [7, 11) is 3.43. The third kappa shape index (κ3) is 4.30. The van der Waals surface area contributed by atoms with Gasteiger partial charge in [0.25, 0.3) is 0 Å². The number of nitrogens with zero attached hydrogens (tertiary/aromatic N) is 1. The fourth-order valence-corrected chi connectivity index (χ4v) is 2.75. The predicted octanol–water partition coefficient (Wildman–Crippen LogP) is 2.00. The van der Waals surface area contributed by atoms with Gasteiger partial charge in [0, 0.05) is 39.8 Å². The van der Waals surface area contributed by atoms with Gasteiger partial charge in [-0.2, -0.15) is 0 Å². The molecule has 2 rings (SSSR count). The zero-order valence-electron chi connectivity index (χ0n) is 13.4. The third-order valence-electron chi connectivity index (χ3n) is 4.28. The van der Waals surface area contributed by atoms with E-state index in [1.807, 2.05) is 0 Å². The third-order valence-corrected chi connectivity index (χ3v) is 4.28. The van der Waals surface area contributed by atoms with Crippen molar-refractivity contribution >= 4 is 0 Å². The highest BCUT2D eigenvalue weighted by molar-refractivity contribution is 5.19. The summed E-state index contributed by atoms with van der Waals surface area (Å²) >= 11 is 0. The predicted molar refractivity (Wildman–Crippen MR) is 82.4 cm³/mol. The Kier molecular flexibility index (Phi) is 6.23. The Labute approximate surface area is 127 Å². The molecule has 5 heteroatoms. The van der Waals surface area contributed by atoms with Gasteiger partial charge >= 0.3 is 0 Å². The molecule has 1 saturated carbocycles. The molecule has 1 aromatic heterocycles. The van der Waals surface area contributed by atoms with E-state index in [2.05, 4.69) is 24.0 Å². The zero-order valence-corrected chi connectivity index (χ0v) is 13.4. The molecule has 2 N–H and O–H groups in total. The summed E-state index contributed by atoms with van der Waals surface area (Å²) in [5.41, 5.74) is 5.99. The van der Waals surface area contributed by atoms with Crippen molar-refractivity contribution in [2.75, 3.05) is 47.1 Å². The van der Waals surface area contributed by atoms with Crippen molar-refractivity contribution in [3.63, 3.8) is 0 Å². The van der Waals surface area contributed by atoms with Gasteiger partial charge in [-0.3, -0.25) is 4.90 Å². The highest BCUT2D eigenvalue weighted by Crippen LogP contribution is 2.47. The van der Waals surface area contributed by atoms with Crippen LogP contribution in [-0.4, -0.2) is 52.0 Å². The summed E-state index contributed by atoms with van der Waals surface area (Å²) in [6, 6.07) is 4.26. The van der Waals surface area contributed by atoms with Gasteiger partial charge in [-0.05, 0) is 24.5 Å². The van der Waals surface area contributed by atoms with Crippen molar-refractivity contribution in [3.8, 4) is 0 Å². The molecule has 0 saturated heterocycles. The van der Waals surface area contributed by atoms with E-state index in [0.717, 1.165) is 30.5 Å². The summed E-state index contributed by atoms with van der Waals surface area (Å²) in [6.45, 7) is 5.77. The SMILES string of the molecule is COCCN(CCOC)C(CN)c1ccc(C2CC2C)o1. The molecule has 0 aliphatic heterocycles. The van der Waals surface area contributed by atoms with Crippen molar-refractivity contribution in [1.82, 2.24) is 4.90 Å². The van der Waals surface area contributed by atoms with E-state index < -0.39 is 0 Å². The van der Waals surface area contributed by atoms with E-state index in [9.17, 15) is 0 Å². The smallest absolute Gasteiger partial charge is 0.122 e. The summed E-state index contributed by atoms with van der Waals surface area (Å²) in [6.07, 6.45) is 1.23. The first-order valence-corrected chi connectivity index (χ1v) is 7.72. The molecule has 0 amide bonds. The molecule has 21 heavy (non-hydrogen) atoms. The van der Waals surface area contributed by atoms with Crippen molar-refractivity contribution in [2.45, 2.75) is 25.3 Å². The van der Waals surface area contributed by atoms with Gasteiger partial charge in [0.05, 0.1) is 19.3 Å². The Balaban J connectivity index is 2.04. The lowest BCUT2D eigenvalue weighted by Gasteiger charge is -2.29. The second-order valence-corrected chi connectivity index (χ2v) is 5.83. The number of hydrogen-bond donors (Lipinski definition) is 1. The van der Waals surface area contributed by atoms with Gasteiger partial charge in [-0.25, -0.2) is 0 Å². The molecule has 1 aliphatic carbocycles. The van der Waals surface area contributed by atoms with Crippen LogP contribution in [0.2, 0.25) is 0 Å². The lowest BCUT2D eigenvalue weighted by molar-refractivity contribution is 0.0819. The van der Waals surface area contributed by atoms with Gasteiger partial charge in [-0.1, -0.05) is 6.92 Å². The van der Waals surface area contributed by atoms with Gasteiger partial charge < -0.3 is 19.6 Å². The van der Waals surface area contributed by atoms with E-state index >= 15 is 0 Å². The topological polar surface area (TPSA) is 60.9 Å². The van der Waals surface area contributed by atoms with Crippen LogP contribution < -0.4 is 5.73 Å². The summed E-state index contributed by atoms with van der Waals surface area (Å²) in [5, 5.41) is 0. The Morgan fingerprint density at radius 3 is 2.38 bits per heavy atom. The molecular weight excluding hydrogens is 268 g/mol. The van der Waals surface area contributed by atoms with Crippen LogP contribution in [0.25, 0.3) is 0 Å². The summed E-state index contributed by atoms with van der Waals surface area (Å²) in [5.74, 6) is 3.41. The van der Waals surface area contributed by atoms with E-state index in [0.29, 0.717) is 25.7 Å². The fourth-order valence-electron chi connectivity index (χ4n) is 2.75. The fraction of sp³-hybridized carbons (Fsp3) is 0.750. The number of rotatable bonds is 10. The van der Waals surface area contributed by atoms with Crippen LogP contribution in [0.1, 0.15) is 36.8 Å². The monoisotopic (exact) mass is 296 g/mol. The van der Waals surface area contributed by atoms with E-state index in [1.165, 1.54) is 6.42 Å². The van der Waals surface area contributed by atoms with Gasteiger partial charge in [0.1, 0.15) is 11.5 Å². The Morgan fingerprint density at radius 1 is 1.29 bits per heavy atom. The van der Waals surface area contributed by atoms with E-state index in [1.54, 1.807) is 14.2 Å². The molecule has 1 heterocycles. The van der Waals surface area contributed by atoms with Crippen LogP contribution in [0.4, 0.5) is 0 Å². The maximum atomic E-state index is 6.07. The quantitative estimate of drug-likeness (QED) is 0.715. The van der Waals surface area contributed by atoms with Crippen LogP contribution >= 0.6 is 0 Å². The van der Waals surface area contributed by atoms with Crippen LogP contribution in [0.5, 0.6) is 0 Å². The van der Waals surface area contributed by atoms with Gasteiger partial charge in [-0.15, -0.1) is 0 Å². The summed E-state index contributed by atoms with van der Waals surface area (Å²) in [4.78, 5) is 2.27. The van der Waals surface area contributed by atoms with Crippen molar-refractivity contribution in [2.24, 2.45) is 11.7 Å². The molecule has 0 aromatic carbocycles. The minimum Gasteiger partial charge on any atom is -0.464 e. The Hall–Kier alpha value is -0.880. The second kappa shape index (κ2) is 7.94. The first-order valence-electron chi connectivity index (χ1n) is 7.72. The molecule has 0 bridgehead atoms. The van der Waals surface area contributed by atoms with Crippen LogP contribution in [0.3, 0.4) is 0 Å². The highest BCUT2D eigenvalue weighted by Gasteiger charge is 2.37. The number of ether oxygens (including phenoxy) is 2. The minimum atomic E-state index is 0.0816. The molecule has 1 fully saturated rings.